The van der Waals surface area contributed by atoms with Crippen LogP contribution in [0, 0.1) is 0 Å². The quantitative estimate of drug-likeness (QED) is 0.633. The van der Waals surface area contributed by atoms with E-state index in [9.17, 15) is 4.79 Å². The molecule has 1 amide bonds. The third kappa shape index (κ3) is 6.54. The number of pyridine rings is 1. The molecule has 0 radical (unpaired) electrons. The molecule has 0 atom stereocenters. The van der Waals surface area contributed by atoms with Gasteiger partial charge in [0, 0.05) is 41.5 Å². The molecule has 0 saturated carbocycles. The number of rotatable bonds is 8. The summed E-state index contributed by atoms with van der Waals surface area (Å²) in [5.74, 6) is 0.551. The molecule has 1 aliphatic heterocycles. The van der Waals surface area contributed by atoms with Crippen LogP contribution in [0.5, 0.6) is 5.88 Å². The number of carbonyl (C=O) groups excluding carboxylic acids is 1. The monoisotopic (exact) mass is 423 g/mol. The summed E-state index contributed by atoms with van der Waals surface area (Å²) in [7, 11) is 0. The number of hydrogen-bond donors (Lipinski definition) is 1. The van der Waals surface area contributed by atoms with Crippen molar-refractivity contribution in [2.75, 3.05) is 6.54 Å². The maximum atomic E-state index is 13.6. The van der Waals surface area contributed by atoms with Crippen molar-refractivity contribution in [3.8, 4) is 5.88 Å². The minimum absolute atomic E-state index is 0.0145. The van der Waals surface area contributed by atoms with Crippen molar-refractivity contribution in [1.29, 1.82) is 0 Å². The molecule has 3 rings (SSSR count). The Bertz CT molecular complexity index is 848. The van der Waals surface area contributed by atoms with Gasteiger partial charge in [-0.25, -0.2) is 4.98 Å². The molecule has 5 heteroatoms. The lowest BCUT2D eigenvalue weighted by Crippen LogP contribution is -2.62. The Morgan fingerprint density at radius 1 is 1.13 bits per heavy atom. The van der Waals surface area contributed by atoms with Crippen LogP contribution in [0.4, 0.5) is 0 Å². The van der Waals surface area contributed by atoms with Gasteiger partial charge in [0.05, 0.1) is 0 Å². The molecule has 2 aromatic rings. The molecule has 1 aromatic heterocycles. The van der Waals surface area contributed by atoms with Gasteiger partial charge in [-0.2, -0.15) is 0 Å². The van der Waals surface area contributed by atoms with Gasteiger partial charge in [0.25, 0.3) is 5.91 Å². The van der Waals surface area contributed by atoms with Crippen molar-refractivity contribution in [3.63, 3.8) is 0 Å². The lowest BCUT2D eigenvalue weighted by atomic mass is 9.78. The smallest absolute Gasteiger partial charge is 0.254 e. The van der Waals surface area contributed by atoms with Gasteiger partial charge in [-0.1, -0.05) is 43.7 Å². The number of hydrogen-bond acceptors (Lipinski definition) is 4. The predicted octanol–water partition coefficient (Wildman–Crippen LogP) is 5.21. The lowest BCUT2D eigenvalue weighted by Gasteiger charge is -2.49. The molecule has 0 spiro atoms. The fourth-order valence-corrected chi connectivity index (χ4v) is 4.79. The van der Waals surface area contributed by atoms with Crippen LogP contribution >= 0.6 is 0 Å². The number of carbonyl (C=O) groups is 1. The first-order chi connectivity index (χ1) is 14.7. The van der Waals surface area contributed by atoms with E-state index >= 15 is 0 Å². The summed E-state index contributed by atoms with van der Waals surface area (Å²) in [6.07, 6.45) is 5.60. The van der Waals surface area contributed by atoms with Crippen molar-refractivity contribution in [1.82, 2.24) is 15.2 Å². The first kappa shape index (κ1) is 23.3. The average molecular weight is 424 g/mol. The van der Waals surface area contributed by atoms with Gasteiger partial charge in [-0.15, -0.1) is 0 Å². The Morgan fingerprint density at radius 3 is 2.45 bits per heavy atom. The molecule has 1 N–H and O–H groups in total. The molecule has 2 heterocycles. The number of unbranched alkanes of at least 4 members (excludes halogenated alkanes) is 1. The Morgan fingerprint density at radius 2 is 1.81 bits per heavy atom. The summed E-state index contributed by atoms with van der Waals surface area (Å²) in [6, 6.07) is 13.8. The van der Waals surface area contributed by atoms with Crippen molar-refractivity contribution < 1.29 is 9.53 Å². The SMILES string of the molecule is CCCCN(C(=O)c1ccnc(OCc2ccccc2)c1)C1CC(C)(C)NC(C)(C)C1. The van der Waals surface area contributed by atoms with E-state index in [1.165, 1.54) is 0 Å². The second-order valence-electron chi connectivity index (χ2n) is 9.96. The van der Waals surface area contributed by atoms with E-state index in [0.29, 0.717) is 18.1 Å². The maximum Gasteiger partial charge on any atom is 0.254 e. The number of piperidine rings is 1. The van der Waals surface area contributed by atoms with Crippen LogP contribution in [0.1, 0.15) is 76.2 Å². The molecule has 1 saturated heterocycles. The minimum Gasteiger partial charge on any atom is -0.473 e. The molecule has 5 nitrogen and oxygen atoms in total. The van der Waals surface area contributed by atoms with Crippen LogP contribution in [0.15, 0.2) is 48.7 Å². The Hall–Kier alpha value is -2.40. The highest BCUT2D eigenvalue weighted by Crippen LogP contribution is 2.32. The lowest BCUT2D eigenvalue weighted by molar-refractivity contribution is 0.0441. The van der Waals surface area contributed by atoms with Crippen LogP contribution < -0.4 is 10.1 Å². The van der Waals surface area contributed by atoms with Gasteiger partial charge < -0.3 is 15.0 Å². The number of nitrogens with zero attached hydrogens (tertiary/aromatic N) is 2. The molecule has 0 unspecified atom stereocenters. The molecule has 0 aliphatic carbocycles. The van der Waals surface area contributed by atoms with Crippen molar-refractivity contribution in [3.05, 3.63) is 59.8 Å². The summed E-state index contributed by atoms with van der Waals surface area (Å²) in [6.45, 7) is 12.3. The molecule has 1 aliphatic rings. The van der Waals surface area contributed by atoms with Crippen molar-refractivity contribution in [2.24, 2.45) is 0 Å². The van der Waals surface area contributed by atoms with Gasteiger partial charge in [0.1, 0.15) is 6.61 Å². The Balaban J connectivity index is 1.78. The largest absolute Gasteiger partial charge is 0.473 e. The van der Waals surface area contributed by atoms with Crippen LogP contribution in [0.25, 0.3) is 0 Å². The molecule has 31 heavy (non-hydrogen) atoms. The van der Waals surface area contributed by atoms with E-state index in [0.717, 1.165) is 37.8 Å². The predicted molar refractivity (Wildman–Crippen MR) is 125 cm³/mol. The highest BCUT2D eigenvalue weighted by atomic mass is 16.5. The van der Waals surface area contributed by atoms with Gasteiger partial charge in [0.2, 0.25) is 5.88 Å². The van der Waals surface area contributed by atoms with Crippen LogP contribution in [0.2, 0.25) is 0 Å². The number of amides is 1. The Kier molecular flexibility index (Phi) is 7.37. The molecule has 1 fully saturated rings. The maximum absolute atomic E-state index is 13.6. The van der Waals surface area contributed by atoms with E-state index in [1.807, 2.05) is 30.3 Å². The zero-order valence-electron chi connectivity index (χ0n) is 19.6. The molecular weight excluding hydrogens is 386 g/mol. The van der Waals surface area contributed by atoms with Gasteiger partial charge >= 0.3 is 0 Å². The standard InChI is InChI=1S/C26H37N3O2/c1-6-7-15-29(22-17-25(2,3)28-26(4,5)18-22)24(30)21-13-14-27-23(16-21)31-19-20-11-9-8-10-12-20/h8-14,16,22,28H,6-7,15,17-19H2,1-5H3. The third-order valence-electron chi connectivity index (χ3n) is 5.83. The number of nitrogens with one attached hydrogen (secondary N) is 1. The summed E-state index contributed by atoms with van der Waals surface area (Å²) in [4.78, 5) is 20.0. The second kappa shape index (κ2) is 9.82. The summed E-state index contributed by atoms with van der Waals surface area (Å²) < 4.78 is 5.86. The van der Waals surface area contributed by atoms with Crippen LogP contribution in [-0.2, 0) is 6.61 Å². The fraction of sp³-hybridized carbons (Fsp3) is 0.538. The summed E-state index contributed by atoms with van der Waals surface area (Å²) in [5, 5.41) is 3.73. The summed E-state index contributed by atoms with van der Waals surface area (Å²) >= 11 is 0. The molecule has 0 bridgehead atoms. The normalized spacial score (nSPS) is 17.8. The van der Waals surface area contributed by atoms with Gasteiger partial charge in [0.15, 0.2) is 0 Å². The third-order valence-corrected chi connectivity index (χ3v) is 5.83. The number of benzene rings is 1. The molecule has 1 aromatic carbocycles. The zero-order chi connectivity index (χ0) is 22.5. The van der Waals surface area contributed by atoms with Crippen molar-refractivity contribution in [2.45, 2.75) is 84.0 Å². The topological polar surface area (TPSA) is 54.5 Å². The van der Waals surface area contributed by atoms with Crippen LogP contribution in [0.3, 0.4) is 0 Å². The first-order valence-corrected chi connectivity index (χ1v) is 11.4. The highest BCUT2D eigenvalue weighted by Gasteiger charge is 2.41. The van der Waals surface area contributed by atoms with E-state index < -0.39 is 0 Å². The highest BCUT2D eigenvalue weighted by molar-refractivity contribution is 5.94. The fourth-order valence-electron chi connectivity index (χ4n) is 4.79. The van der Waals surface area contributed by atoms with Crippen LogP contribution in [-0.4, -0.2) is 39.5 Å². The Labute approximate surface area is 187 Å². The molecular formula is C26H37N3O2. The molecule has 168 valence electrons. The summed E-state index contributed by atoms with van der Waals surface area (Å²) in [5.41, 5.74) is 1.69. The van der Waals surface area contributed by atoms with Gasteiger partial charge in [-0.05, 0) is 58.6 Å². The average Bonchev–Trinajstić information content (AvgIpc) is 2.71. The first-order valence-electron chi connectivity index (χ1n) is 11.4. The minimum atomic E-state index is -0.0145. The second-order valence-corrected chi connectivity index (χ2v) is 9.96. The van der Waals surface area contributed by atoms with Gasteiger partial charge in [-0.3, -0.25) is 4.79 Å². The van der Waals surface area contributed by atoms with Crippen molar-refractivity contribution >= 4 is 5.91 Å². The van der Waals surface area contributed by atoms with E-state index in [-0.39, 0.29) is 23.0 Å². The van der Waals surface area contributed by atoms with E-state index in [4.69, 9.17) is 4.74 Å². The number of aromatic nitrogens is 1. The van der Waals surface area contributed by atoms with E-state index in [1.54, 1.807) is 18.3 Å². The zero-order valence-corrected chi connectivity index (χ0v) is 19.6. The van der Waals surface area contributed by atoms with E-state index in [2.05, 4.69) is 49.8 Å². The number of ether oxygens (including phenoxy) is 1.